The van der Waals surface area contributed by atoms with Crippen LogP contribution in [0.2, 0.25) is 15.1 Å². The zero-order valence-corrected chi connectivity index (χ0v) is 11.8. The zero-order chi connectivity index (χ0) is 14.8. The van der Waals surface area contributed by atoms with Crippen molar-refractivity contribution in [3.05, 3.63) is 32.8 Å². The van der Waals surface area contributed by atoms with Crippen molar-refractivity contribution in [2.24, 2.45) is 0 Å². The molecule has 0 spiro atoms. The first-order valence-corrected chi connectivity index (χ1v) is 6.14. The van der Waals surface area contributed by atoms with E-state index in [1.165, 1.54) is 19.1 Å². The Balaban J connectivity index is 2.84. The van der Waals surface area contributed by atoms with E-state index in [-0.39, 0.29) is 20.6 Å². The van der Waals surface area contributed by atoms with Gasteiger partial charge >= 0.3 is 12.1 Å². The molecule has 8 heteroatoms. The van der Waals surface area contributed by atoms with Crippen molar-refractivity contribution in [3.63, 3.8) is 0 Å². The maximum atomic E-state index is 12.0. The maximum absolute atomic E-state index is 12.0. The van der Waals surface area contributed by atoms with Crippen LogP contribution in [0.3, 0.4) is 0 Å². The first kappa shape index (κ1) is 16.4. The molecule has 0 aliphatic heterocycles. The molecule has 106 valence electrons. The lowest BCUT2D eigenvalue weighted by Crippen LogP contribution is -2.18. The number of carbonyl (C=O) groups excluding carboxylic acids is 1. The van der Waals surface area contributed by atoms with Crippen molar-refractivity contribution in [3.8, 4) is 0 Å². The highest BCUT2D eigenvalue weighted by atomic mass is 35.5. The van der Waals surface area contributed by atoms with E-state index in [2.05, 4.69) is 4.74 Å². The fraction of sp³-hybridized carbons (Fsp3) is 0.364. The minimum absolute atomic E-state index is 0.0818. The Morgan fingerprint density at radius 1 is 1.32 bits per heavy atom. The third-order valence-corrected chi connectivity index (χ3v) is 3.15. The van der Waals surface area contributed by atoms with Crippen LogP contribution < -0.4 is 0 Å². The summed E-state index contributed by atoms with van der Waals surface area (Å²) in [7, 11) is 0. The third kappa shape index (κ3) is 5.09. The molecule has 0 saturated heterocycles. The van der Waals surface area contributed by atoms with Crippen molar-refractivity contribution in [2.75, 3.05) is 0 Å². The van der Waals surface area contributed by atoms with Gasteiger partial charge in [-0.05, 0) is 19.1 Å². The molecule has 1 atom stereocenters. The summed E-state index contributed by atoms with van der Waals surface area (Å²) in [5.74, 6) is -1.40. The van der Waals surface area contributed by atoms with E-state index in [0.29, 0.717) is 0 Å². The van der Waals surface area contributed by atoms with Gasteiger partial charge in [-0.2, -0.15) is 13.2 Å². The third-order valence-electron chi connectivity index (χ3n) is 2.11. The summed E-state index contributed by atoms with van der Waals surface area (Å²) in [6.45, 7) is 1.38. The van der Waals surface area contributed by atoms with Crippen molar-refractivity contribution in [2.45, 2.75) is 25.6 Å². The first-order chi connectivity index (χ1) is 8.60. The van der Waals surface area contributed by atoms with Gasteiger partial charge in [0.05, 0.1) is 10.0 Å². The number of hydrogen-bond acceptors (Lipinski definition) is 2. The van der Waals surface area contributed by atoms with Crippen LogP contribution in [-0.4, -0.2) is 12.1 Å². The molecule has 0 N–H and O–H groups in total. The lowest BCUT2D eigenvalue weighted by molar-refractivity contribution is -0.175. The van der Waals surface area contributed by atoms with Gasteiger partial charge in [0.1, 0.15) is 12.5 Å². The lowest BCUT2D eigenvalue weighted by Gasteiger charge is -2.16. The molecule has 0 radical (unpaired) electrons. The van der Waals surface area contributed by atoms with E-state index in [1.807, 2.05) is 0 Å². The molecule has 0 bridgehead atoms. The number of esters is 1. The van der Waals surface area contributed by atoms with Gasteiger partial charge < -0.3 is 4.74 Å². The van der Waals surface area contributed by atoms with Gasteiger partial charge in [0.2, 0.25) is 0 Å². The number of benzene rings is 1. The molecule has 1 aromatic carbocycles. The molecule has 0 saturated carbocycles. The molecular weight excluding hydrogens is 327 g/mol. The van der Waals surface area contributed by atoms with Gasteiger partial charge in [-0.25, -0.2) is 0 Å². The topological polar surface area (TPSA) is 26.3 Å². The van der Waals surface area contributed by atoms with Gasteiger partial charge in [-0.1, -0.05) is 34.8 Å². The molecule has 1 aromatic rings. The molecule has 0 aliphatic carbocycles. The van der Waals surface area contributed by atoms with E-state index in [0.717, 1.165) is 0 Å². The van der Waals surface area contributed by atoms with Crippen molar-refractivity contribution in [1.29, 1.82) is 0 Å². The number of halogens is 6. The van der Waals surface area contributed by atoms with Crippen LogP contribution in [0.1, 0.15) is 25.0 Å². The summed E-state index contributed by atoms with van der Waals surface area (Å²) >= 11 is 17.4. The van der Waals surface area contributed by atoms with Gasteiger partial charge in [0, 0.05) is 10.6 Å². The summed E-state index contributed by atoms with van der Waals surface area (Å²) in [6.07, 6.45) is -7.27. The van der Waals surface area contributed by atoms with E-state index in [1.54, 1.807) is 0 Å². The van der Waals surface area contributed by atoms with E-state index >= 15 is 0 Å². The summed E-state index contributed by atoms with van der Waals surface area (Å²) in [5, 5.41) is 0.449. The predicted octanol–water partition coefficient (Wildman–Crippen LogP) is 5.20. The van der Waals surface area contributed by atoms with Gasteiger partial charge in [-0.3, -0.25) is 4.79 Å². The largest absolute Gasteiger partial charge is 0.457 e. The normalized spacial score (nSPS) is 13.2. The number of alkyl halides is 3. The van der Waals surface area contributed by atoms with Crippen LogP contribution >= 0.6 is 34.8 Å². The summed E-state index contributed by atoms with van der Waals surface area (Å²) < 4.78 is 40.6. The van der Waals surface area contributed by atoms with E-state index < -0.39 is 24.7 Å². The molecule has 19 heavy (non-hydrogen) atoms. The summed E-state index contributed by atoms with van der Waals surface area (Å²) in [6, 6.07) is 2.75. The van der Waals surface area contributed by atoms with Crippen LogP contribution in [0.4, 0.5) is 13.2 Å². The van der Waals surface area contributed by atoms with E-state index in [4.69, 9.17) is 34.8 Å². The lowest BCUT2D eigenvalue weighted by atomic mass is 10.1. The molecule has 1 rings (SSSR count). The second-order valence-electron chi connectivity index (χ2n) is 3.71. The molecule has 1 unspecified atom stereocenters. The van der Waals surface area contributed by atoms with Gasteiger partial charge in [0.15, 0.2) is 0 Å². The highest BCUT2D eigenvalue weighted by Gasteiger charge is 2.33. The Hall–Kier alpha value is -0.650. The number of carbonyl (C=O) groups is 1. The Kier molecular flexibility index (Phi) is 5.35. The molecule has 0 aliphatic rings. The van der Waals surface area contributed by atoms with Gasteiger partial charge in [-0.15, -0.1) is 0 Å². The molecule has 0 fully saturated rings. The van der Waals surface area contributed by atoms with Crippen LogP contribution in [0.25, 0.3) is 0 Å². The van der Waals surface area contributed by atoms with Crippen LogP contribution in [0, 0.1) is 0 Å². The Bertz CT molecular complexity index is 489. The monoisotopic (exact) mass is 334 g/mol. The van der Waals surface area contributed by atoms with Crippen molar-refractivity contribution < 1.29 is 22.7 Å². The second-order valence-corrected chi connectivity index (χ2v) is 4.94. The molecular formula is C11H8Cl3F3O2. The van der Waals surface area contributed by atoms with Gasteiger partial charge in [0.25, 0.3) is 0 Å². The minimum atomic E-state index is -4.62. The predicted molar refractivity (Wildman–Crippen MR) is 66.7 cm³/mol. The Morgan fingerprint density at radius 3 is 2.42 bits per heavy atom. The average Bonchev–Trinajstić information content (AvgIpc) is 2.20. The quantitative estimate of drug-likeness (QED) is 0.560. The summed E-state index contributed by atoms with van der Waals surface area (Å²) in [5.41, 5.74) is 0.245. The zero-order valence-electron chi connectivity index (χ0n) is 9.52. The van der Waals surface area contributed by atoms with Crippen LogP contribution in [0.15, 0.2) is 12.1 Å². The van der Waals surface area contributed by atoms with Crippen molar-refractivity contribution >= 4 is 40.8 Å². The maximum Gasteiger partial charge on any atom is 0.399 e. The first-order valence-electron chi connectivity index (χ1n) is 5.01. The molecule has 0 heterocycles. The fourth-order valence-corrected chi connectivity index (χ4v) is 2.11. The SMILES string of the molecule is CC(OC(=O)CC(F)(F)F)c1cc(Cl)cc(Cl)c1Cl. The molecule has 0 amide bonds. The number of ether oxygens (including phenoxy) is 1. The molecule has 2 nitrogen and oxygen atoms in total. The number of rotatable bonds is 3. The highest BCUT2D eigenvalue weighted by molar-refractivity contribution is 6.43. The van der Waals surface area contributed by atoms with Crippen LogP contribution in [-0.2, 0) is 9.53 Å². The number of hydrogen-bond donors (Lipinski definition) is 0. The van der Waals surface area contributed by atoms with E-state index in [9.17, 15) is 18.0 Å². The molecule has 0 aromatic heterocycles. The Morgan fingerprint density at radius 2 is 1.89 bits per heavy atom. The average molecular weight is 336 g/mol. The standard InChI is InChI=1S/C11H8Cl3F3O2/c1-5(19-9(18)4-11(15,16)17)7-2-6(12)3-8(13)10(7)14/h2-3,5H,4H2,1H3. The Labute approximate surface area is 122 Å². The second kappa shape index (κ2) is 6.20. The van der Waals surface area contributed by atoms with Crippen molar-refractivity contribution in [1.82, 2.24) is 0 Å². The smallest absolute Gasteiger partial charge is 0.399 e. The summed E-state index contributed by atoms with van der Waals surface area (Å²) in [4.78, 5) is 11.1. The van der Waals surface area contributed by atoms with Crippen LogP contribution in [0.5, 0.6) is 0 Å². The highest BCUT2D eigenvalue weighted by Crippen LogP contribution is 2.35. The fourth-order valence-electron chi connectivity index (χ4n) is 1.34. The minimum Gasteiger partial charge on any atom is -0.457 e.